The van der Waals surface area contributed by atoms with Crippen LogP contribution in [0.15, 0.2) is 121 Å². The first kappa shape index (κ1) is 31.1. The standard InChI is InChI=1S/C29H36F4O/c1-11-12-13-14-21(6)26(30)27(31)22(7)19(4)15-16-20(5)23(8)28(32)29(33)24(9)25(10)34-17-18(2)3/h11-12,15-16,18,25H,4-9,13-14,17H2,1-3,10H3/b12-11+,16-15-,27-26-,29-28-. The zero-order valence-corrected chi connectivity index (χ0v) is 20.7. The fourth-order valence-electron chi connectivity index (χ4n) is 2.40. The average Bonchev–Trinajstić information content (AvgIpc) is 2.81. The topological polar surface area (TPSA) is 9.23 Å². The zero-order chi connectivity index (χ0) is 26.6. The lowest BCUT2D eigenvalue weighted by atomic mass is 10.0. The van der Waals surface area contributed by atoms with E-state index in [1.54, 1.807) is 13.0 Å². The van der Waals surface area contributed by atoms with E-state index in [-0.39, 0.29) is 45.8 Å². The molecule has 0 bridgehead atoms. The second-order valence-corrected chi connectivity index (χ2v) is 8.20. The predicted octanol–water partition coefficient (Wildman–Crippen LogP) is 9.60. The van der Waals surface area contributed by atoms with E-state index in [4.69, 9.17) is 4.74 Å². The molecule has 0 aromatic heterocycles. The molecule has 0 spiro atoms. The molecule has 0 saturated carbocycles. The molecular formula is C29H36F4O. The van der Waals surface area contributed by atoms with Gasteiger partial charge in [0.1, 0.15) is 0 Å². The van der Waals surface area contributed by atoms with E-state index in [1.165, 1.54) is 12.2 Å². The van der Waals surface area contributed by atoms with E-state index in [0.717, 1.165) is 0 Å². The van der Waals surface area contributed by atoms with Crippen molar-refractivity contribution < 1.29 is 22.3 Å². The Morgan fingerprint density at radius 3 is 1.68 bits per heavy atom. The minimum atomic E-state index is -1.24. The summed E-state index contributed by atoms with van der Waals surface area (Å²) in [5, 5.41) is 0. The normalized spacial score (nSPS) is 14.1. The van der Waals surface area contributed by atoms with Gasteiger partial charge in [0, 0.05) is 23.3 Å². The van der Waals surface area contributed by atoms with Crippen molar-refractivity contribution >= 4 is 0 Å². The van der Waals surface area contributed by atoms with Gasteiger partial charge in [-0.1, -0.05) is 77.6 Å². The minimum Gasteiger partial charge on any atom is -0.373 e. The molecule has 0 saturated heterocycles. The zero-order valence-electron chi connectivity index (χ0n) is 20.7. The molecule has 0 aliphatic carbocycles. The summed E-state index contributed by atoms with van der Waals surface area (Å²) in [7, 11) is 0. The second-order valence-electron chi connectivity index (χ2n) is 8.20. The van der Waals surface area contributed by atoms with Crippen LogP contribution in [0.25, 0.3) is 0 Å². The fourth-order valence-corrected chi connectivity index (χ4v) is 2.40. The highest BCUT2D eigenvalue weighted by Crippen LogP contribution is 2.31. The van der Waals surface area contributed by atoms with Crippen LogP contribution >= 0.6 is 0 Å². The van der Waals surface area contributed by atoms with Crippen molar-refractivity contribution in [2.24, 2.45) is 5.92 Å². The van der Waals surface area contributed by atoms with Crippen molar-refractivity contribution in [2.45, 2.75) is 46.6 Å². The quantitative estimate of drug-likeness (QED) is 0.130. The van der Waals surface area contributed by atoms with Gasteiger partial charge in [0.25, 0.3) is 0 Å². The molecular weight excluding hydrogens is 440 g/mol. The highest BCUT2D eigenvalue weighted by molar-refractivity contribution is 5.54. The van der Waals surface area contributed by atoms with E-state index in [1.807, 2.05) is 26.8 Å². The number of halogens is 4. The van der Waals surface area contributed by atoms with Gasteiger partial charge in [-0.25, -0.2) is 17.6 Å². The highest BCUT2D eigenvalue weighted by Gasteiger charge is 2.20. The maximum absolute atomic E-state index is 14.6. The first-order valence-corrected chi connectivity index (χ1v) is 10.9. The number of rotatable bonds is 15. The summed E-state index contributed by atoms with van der Waals surface area (Å²) in [5.74, 6) is -4.49. The van der Waals surface area contributed by atoms with E-state index in [2.05, 4.69) is 39.5 Å². The van der Waals surface area contributed by atoms with Gasteiger partial charge in [-0.2, -0.15) is 0 Å². The molecule has 0 heterocycles. The molecule has 34 heavy (non-hydrogen) atoms. The van der Waals surface area contributed by atoms with Crippen LogP contribution < -0.4 is 0 Å². The van der Waals surface area contributed by atoms with Gasteiger partial charge >= 0.3 is 0 Å². The van der Waals surface area contributed by atoms with Crippen LogP contribution in [0.2, 0.25) is 0 Å². The third-order valence-electron chi connectivity index (χ3n) is 4.79. The second kappa shape index (κ2) is 15.1. The molecule has 1 nitrogen and oxygen atoms in total. The highest BCUT2D eigenvalue weighted by atomic mass is 19.2. The van der Waals surface area contributed by atoms with Crippen LogP contribution in [0.5, 0.6) is 0 Å². The Kier molecular flexibility index (Phi) is 13.8. The number of ether oxygens (including phenoxy) is 1. The molecule has 0 aromatic carbocycles. The van der Waals surface area contributed by atoms with E-state index in [9.17, 15) is 17.6 Å². The van der Waals surface area contributed by atoms with Gasteiger partial charge < -0.3 is 4.74 Å². The van der Waals surface area contributed by atoms with Crippen LogP contribution in [0.4, 0.5) is 17.6 Å². The molecule has 0 aromatic rings. The Morgan fingerprint density at radius 1 is 0.765 bits per heavy atom. The van der Waals surface area contributed by atoms with Gasteiger partial charge in [-0.15, -0.1) is 0 Å². The largest absolute Gasteiger partial charge is 0.373 e. The smallest absolute Gasteiger partial charge is 0.166 e. The molecule has 0 aliphatic rings. The van der Waals surface area contributed by atoms with Crippen LogP contribution in [-0.4, -0.2) is 12.7 Å². The molecule has 5 heteroatoms. The Bertz CT molecular complexity index is 955. The molecule has 1 atom stereocenters. The summed E-state index contributed by atoms with van der Waals surface area (Å²) < 4.78 is 63.4. The maximum atomic E-state index is 14.6. The van der Waals surface area contributed by atoms with Crippen LogP contribution in [-0.2, 0) is 4.74 Å². The monoisotopic (exact) mass is 476 g/mol. The SMILES string of the molecule is C=C(/C=C\C(=C)C(=C)/C(F)=C(/F)C(=C)C(C)OCC(C)C)C(=C)/C(F)=C(/F)C(=C)CC/C=C/C. The van der Waals surface area contributed by atoms with Crippen molar-refractivity contribution in [3.8, 4) is 0 Å². The molecule has 1 unspecified atom stereocenters. The molecule has 0 fully saturated rings. The molecule has 0 aliphatic heterocycles. The average molecular weight is 477 g/mol. The van der Waals surface area contributed by atoms with Gasteiger partial charge in [-0.3, -0.25) is 0 Å². The molecule has 0 rings (SSSR count). The Hall–Kier alpha value is -2.92. The van der Waals surface area contributed by atoms with Gasteiger partial charge in [0.2, 0.25) is 0 Å². The van der Waals surface area contributed by atoms with Crippen LogP contribution in [0, 0.1) is 5.92 Å². The molecule has 0 radical (unpaired) electrons. The third-order valence-corrected chi connectivity index (χ3v) is 4.79. The molecule has 0 amide bonds. The summed E-state index contributed by atoms with van der Waals surface area (Å²) in [6.07, 6.45) is 6.19. The number of hydrogen-bond acceptors (Lipinski definition) is 1. The Labute approximate surface area is 202 Å². The van der Waals surface area contributed by atoms with Crippen molar-refractivity contribution in [2.75, 3.05) is 6.61 Å². The summed E-state index contributed by atoms with van der Waals surface area (Å²) in [6.45, 7) is 29.1. The number of hydrogen-bond donors (Lipinski definition) is 0. The summed E-state index contributed by atoms with van der Waals surface area (Å²) in [6, 6.07) is 0. The molecule has 186 valence electrons. The first-order valence-electron chi connectivity index (χ1n) is 10.9. The Balaban J connectivity index is 5.34. The van der Waals surface area contributed by atoms with Crippen LogP contribution in [0.3, 0.4) is 0 Å². The predicted molar refractivity (Wildman–Crippen MR) is 137 cm³/mol. The van der Waals surface area contributed by atoms with Crippen molar-refractivity contribution in [3.05, 3.63) is 121 Å². The number of allylic oxidation sites excluding steroid dienone is 12. The summed E-state index contributed by atoms with van der Waals surface area (Å²) in [4.78, 5) is 0. The lowest BCUT2D eigenvalue weighted by Gasteiger charge is -2.17. The maximum Gasteiger partial charge on any atom is 0.166 e. The van der Waals surface area contributed by atoms with Crippen molar-refractivity contribution in [1.82, 2.24) is 0 Å². The van der Waals surface area contributed by atoms with E-state index in [0.29, 0.717) is 13.0 Å². The van der Waals surface area contributed by atoms with Crippen molar-refractivity contribution in [1.29, 1.82) is 0 Å². The fraction of sp³-hybridized carbons (Fsp3) is 0.310. The Morgan fingerprint density at radius 2 is 1.24 bits per heavy atom. The lowest BCUT2D eigenvalue weighted by molar-refractivity contribution is 0.0690. The minimum absolute atomic E-state index is 0.000770. The lowest BCUT2D eigenvalue weighted by Crippen LogP contribution is -2.15. The summed E-state index contributed by atoms with van der Waals surface area (Å²) in [5.41, 5.74) is -0.763. The van der Waals surface area contributed by atoms with Crippen molar-refractivity contribution in [3.63, 3.8) is 0 Å². The first-order chi connectivity index (χ1) is 15.8. The third kappa shape index (κ3) is 9.92. The molecule has 0 N–H and O–H groups in total. The van der Waals surface area contributed by atoms with Gasteiger partial charge in [0.05, 0.1) is 6.10 Å². The van der Waals surface area contributed by atoms with E-state index >= 15 is 0 Å². The van der Waals surface area contributed by atoms with Gasteiger partial charge in [-0.05, 0) is 49.3 Å². The van der Waals surface area contributed by atoms with E-state index < -0.39 is 29.4 Å². The van der Waals surface area contributed by atoms with Gasteiger partial charge in [0.15, 0.2) is 23.3 Å². The van der Waals surface area contributed by atoms with Crippen LogP contribution in [0.1, 0.15) is 40.5 Å². The summed E-state index contributed by atoms with van der Waals surface area (Å²) >= 11 is 0.